The molecule has 0 aliphatic carbocycles. The third kappa shape index (κ3) is 7.78. The Labute approximate surface area is 238 Å². The molecule has 2 aliphatic rings. The summed E-state index contributed by atoms with van der Waals surface area (Å²) in [5.74, 6) is -2.48. The zero-order chi connectivity index (χ0) is 27.9. The third-order valence-electron chi connectivity index (χ3n) is 5.31. The lowest BCUT2D eigenvalue weighted by molar-refractivity contribution is -0.159. The van der Waals surface area contributed by atoms with Crippen molar-refractivity contribution in [1.29, 1.82) is 0 Å². The second kappa shape index (κ2) is 13.9. The lowest BCUT2D eigenvalue weighted by atomic mass is 10.0. The molecule has 0 spiro atoms. The van der Waals surface area contributed by atoms with Crippen LogP contribution in [-0.4, -0.2) is 101 Å². The van der Waals surface area contributed by atoms with Crippen LogP contribution in [0.2, 0.25) is 25.7 Å². The highest BCUT2D eigenvalue weighted by atomic mass is 35.5. The van der Waals surface area contributed by atoms with Crippen molar-refractivity contribution in [3.63, 3.8) is 0 Å². The monoisotopic (exact) mass is 621 g/mol. The van der Waals surface area contributed by atoms with Gasteiger partial charge in [-0.2, -0.15) is 0 Å². The lowest BCUT2D eigenvalue weighted by Gasteiger charge is -2.49. The van der Waals surface area contributed by atoms with E-state index < -0.39 is 54.6 Å². The Hall–Kier alpha value is -1.98. The predicted molar refractivity (Wildman–Crippen MR) is 148 cm³/mol. The number of Topliss-reactive ketones (excluding diaryl/α,β-unsaturated/α-hetero) is 1. The van der Waals surface area contributed by atoms with Gasteiger partial charge in [0, 0.05) is 26.2 Å². The molecule has 3 rings (SSSR count). The lowest BCUT2D eigenvalue weighted by Crippen LogP contribution is -2.71. The summed E-state index contributed by atoms with van der Waals surface area (Å²) in [6, 6.07) is -0.0584. The number of hydrogen-bond acceptors (Lipinski definition) is 13. The summed E-state index contributed by atoms with van der Waals surface area (Å²) in [5, 5.41) is 9.19. The number of β-lactam (4-membered cyclic amide) rings is 1. The molecule has 1 aromatic heterocycles. The molecular formula is C21H28ClN5O7S3Si. The van der Waals surface area contributed by atoms with Gasteiger partial charge in [0.05, 0.1) is 12.1 Å². The highest BCUT2D eigenvalue weighted by Gasteiger charge is 2.54. The number of halogens is 1. The molecule has 38 heavy (non-hydrogen) atoms. The van der Waals surface area contributed by atoms with Crippen LogP contribution < -0.4 is 5.32 Å². The van der Waals surface area contributed by atoms with Crippen LogP contribution in [-0.2, 0) is 33.5 Å². The zero-order valence-corrected chi connectivity index (χ0v) is 25.4. The van der Waals surface area contributed by atoms with Crippen LogP contribution in [0.1, 0.15) is 0 Å². The van der Waals surface area contributed by atoms with Crippen LogP contribution in [0, 0.1) is 0 Å². The van der Waals surface area contributed by atoms with Crippen molar-refractivity contribution in [2.45, 2.75) is 41.3 Å². The number of ether oxygens (including phenoxy) is 2. The number of carbonyl (C=O) groups excluding carboxylic acids is 4. The molecule has 0 aromatic carbocycles. The Kier molecular flexibility index (Phi) is 11.2. The molecule has 0 bridgehead atoms. The first-order valence-electron chi connectivity index (χ1n) is 11.4. The van der Waals surface area contributed by atoms with Crippen molar-refractivity contribution < 1.29 is 33.5 Å². The summed E-state index contributed by atoms with van der Waals surface area (Å²) in [4.78, 5) is 56.8. The van der Waals surface area contributed by atoms with Gasteiger partial charge < -0.3 is 19.6 Å². The summed E-state index contributed by atoms with van der Waals surface area (Å²) in [6.07, 6.45) is 1.63. The van der Waals surface area contributed by atoms with Crippen molar-refractivity contribution >= 4 is 84.0 Å². The number of aromatic nitrogens is 2. The van der Waals surface area contributed by atoms with Gasteiger partial charge in [0.15, 0.2) is 6.79 Å². The van der Waals surface area contributed by atoms with Crippen LogP contribution in [0.5, 0.6) is 0 Å². The number of amides is 2. The minimum Gasteiger partial charge on any atom is -0.434 e. The van der Waals surface area contributed by atoms with E-state index in [2.05, 4.69) is 44.5 Å². The summed E-state index contributed by atoms with van der Waals surface area (Å²) in [5.41, 5.74) is 0.287. The molecule has 1 fully saturated rings. The quantitative estimate of drug-likeness (QED) is 0.0310. The summed E-state index contributed by atoms with van der Waals surface area (Å²) in [7, 11) is -0.119. The maximum Gasteiger partial charge on any atom is 0.357 e. The summed E-state index contributed by atoms with van der Waals surface area (Å²) < 4.78 is 15.6. The van der Waals surface area contributed by atoms with Gasteiger partial charge in [0.25, 0.3) is 11.8 Å². The van der Waals surface area contributed by atoms with E-state index in [4.69, 9.17) is 21.1 Å². The standard InChI is InChI=1S/C21H28ClN5O7S3Si/c1-32-25-15(13(28)7-22)18(29)24-16-19(30)27-17(21(31)34-11-33-5-6-38(2,3)4)12(10-36-20(16)27)9-35-14-8-23-26-37-14/h8,16,20H,5-7,9-11H2,1-4H3,(H,24,29)/b25-15+/t16-,20-/m1/s1. The van der Waals surface area contributed by atoms with Crippen molar-refractivity contribution in [1.82, 2.24) is 19.8 Å². The fourth-order valence-electron chi connectivity index (χ4n) is 3.35. The molecule has 1 aromatic rings. The molecular weight excluding hydrogens is 594 g/mol. The smallest absolute Gasteiger partial charge is 0.357 e. The van der Waals surface area contributed by atoms with Crippen molar-refractivity contribution in [3.05, 3.63) is 17.5 Å². The number of nitrogens with one attached hydrogen (secondary N) is 1. The SMILES string of the molecule is CO/N=C(\C(=O)CCl)C(=O)N[C@@H]1C(=O)N2C(C(=O)OCOCC[Si](C)(C)C)=C(CSc3cnns3)CS[C@H]12. The van der Waals surface area contributed by atoms with Gasteiger partial charge in [-0.05, 0) is 23.1 Å². The Bertz CT molecular complexity index is 1110. The number of fused-ring (bicyclic) bond motifs is 1. The number of thioether (sulfide) groups is 2. The molecule has 2 atom stereocenters. The highest BCUT2D eigenvalue weighted by molar-refractivity contribution is 8.01. The Morgan fingerprint density at radius 3 is 2.74 bits per heavy atom. The third-order valence-corrected chi connectivity index (χ3v) is 10.5. The highest BCUT2D eigenvalue weighted by Crippen LogP contribution is 2.42. The topological polar surface area (TPSA) is 149 Å². The van der Waals surface area contributed by atoms with E-state index in [1.807, 2.05) is 0 Å². The van der Waals surface area contributed by atoms with Gasteiger partial charge in [-0.1, -0.05) is 29.3 Å². The number of rotatable bonds is 14. The largest absolute Gasteiger partial charge is 0.434 e. The number of esters is 1. The molecule has 1 N–H and O–H groups in total. The number of ketones is 1. The predicted octanol–water partition coefficient (Wildman–Crippen LogP) is 1.95. The van der Waals surface area contributed by atoms with Crippen LogP contribution >= 0.6 is 46.7 Å². The molecule has 0 saturated carbocycles. The minimum absolute atomic E-state index is 0.130. The van der Waals surface area contributed by atoms with Crippen LogP contribution in [0.4, 0.5) is 0 Å². The van der Waals surface area contributed by atoms with Crippen LogP contribution in [0.3, 0.4) is 0 Å². The molecule has 0 unspecified atom stereocenters. The maximum atomic E-state index is 13.2. The van der Waals surface area contributed by atoms with E-state index in [-0.39, 0.29) is 12.5 Å². The van der Waals surface area contributed by atoms with Gasteiger partial charge in [-0.25, -0.2) is 4.79 Å². The maximum absolute atomic E-state index is 13.2. The van der Waals surface area contributed by atoms with Crippen molar-refractivity contribution in [2.75, 3.05) is 37.9 Å². The first kappa shape index (κ1) is 30.6. The fraction of sp³-hybridized carbons (Fsp3) is 0.571. The van der Waals surface area contributed by atoms with E-state index in [0.29, 0.717) is 23.7 Å². The first-order chi connectivity index (χ1) is 18.1. The summed E-state index contributed by atoms with van der Waals surface area (Å²) in [6.45, 7) is 6.90. The zero-order valence-electron chi connectivity index (χ0n) is 21.2. The number of nitrogens with zero attached hydrogens (tertiary/aromatic N) is 4. The average molecular weight is 622 g/mol. The molecule has 0 radical (unpaired) electrons. The van der Waals surface area contributed by atoms with Crippen LogP contribution in [0.15, 0.2) is 26.8 Å². The fourth-order valence-corrected chi connectivity index (χ4v) is 7.14. The van der Waals surface area contributed by atoms with Gasteiger partial charge in [0.2, 0.25) is 11.5 Å². The minimum atomic E-state index is -1.30. The Balaban J connectivity index is 1.73. The van der Waals surface area contributed by atoms with Gasteiger partial charge in [-0.3, -0.25) is 19.3 Å². The van der Waals surface area contributed by atoms with Crippen LogP contribution in [0.25, 0.3) is 0 Å². The number of carbonyl (C=O) groups is 4. The summed E-state index contributed by atoms with van der Waals surface area (Å²) >= 11 is 9.61. The average Bonchev–Trinajstić information content (AvgIpc) is 3.40. The van der Waals surface area contributed by atoms with E-state index in [1.54, 1.807) is 6.20 Å². The number of oxime groups is 1. The van der Waals surface area contributed by atoms with E-state index in [9.17, 15) is 19.2 Å². The van der Waals surface area contributed by atoms with Crippen molar-refractivity contribution in [2.24, 2.45) is 5.16 Å². The molecule has 2 aliphatic heterocycles. The second-order valence-corrected chi connectivity index (χ2v) is 18.3. The van der Waals surface area contributed by atoms with Crippen molar-refractivity contribution in [3.8, 4) is 0 Å². The first-order valence-corrected chi connectivity index (χ1v) is 18.4. The molecule has 1 saturated heterocycles. The Morgan fingerprint density at radius 1 is 1.34 bits per heavy atom. The number of alkyl halides is 1. The normalized spacial score (nSPS) is 19.6. The molecule has 2 amide bonds. The second-order valence-electron chi connectivity index (χ2n) is 9.29. The number of hydrogen-bond donors (Lipinski definition) is 1. The van der Waals surface area contributed by atoms with E-state index in [0.717, 1.165) is 10.3 Å². The molecule has 208 valence electrons. The van der Waals surface area contributed by atoms with E-state index >= 15 is 0 Å². The Morgan fingerprint density at radius 2 is 2.11 bits per heavy atom. The van der Waals surface area contributed by atoms with E-state index in [1.165, 1.54) is 47.1 Å². The molecule has 3 heterocycles. The van der Waals surface area contributed by atoms with Gasteiger partial charge in [-0.15, -0.1) is 40.2 Å². The van der Waals surface area contributed by atoms with Gasteiger partial charge in [0.1, 0.15) is 28.4 Å². The molecule has 12 nitrogen and oxygen atoms in total. The molecule has 17 heteroatoms. The van der Waals surface area contributed by atoms with Gasteiger partial charge >= 0.3 is 5.97 Å².